The molecular formula is C20H24N2O2. The third-order valence-electron chi connectivity index (χ3n) is 4.36. The predicted molar refractivity (Wildman–Crippen MR) is 97.3 cm³/mol. The number of aromatic amines is 1. The molecule has 0 fully saturated rings. The van der Waals surface area contributed by atoms with Crippen molar-refractivity contribution in [3.05, 3.63) is 65.4 Å². The summed E-state index contributed by atoms with van der Waals surface area (Å²) >= 11 is 0. The molecule has 0 saturated heterocycles. The summed E-state index contributed by atoms with van der Waals surface area (Å²) in [5, 5.41) is 10.5. The van der Waals surface area contributed by atoms with E-state index in [0.717, 1.165) is 36.3 Å². The number of methoxy groups -OCH3 is 1. The van der Waals surface area contributed by atoms with Crippen LogP contribution in [0.4, 0.5) is 0 Å². The van der Waals surface area contributed by atoms with Gasteiger partial charge in [-0.3, -0.25) is 0 Å². The number of rotatable bonds is 7. The average Bonchev–Trinajstić information content (AvgIpc) is 3.02. The second kappa shape index (κ2) is 7.51. The summed E-state index contributed by atoms with van der Waals surface area (Å²) in [6, 6.07) is 14.3. The largest absolute Gasteiger partial charge is 0.497 e. The highest BCUT2D eigenvalue weighted by molar-refractivity contribution is 5.83. The first-order valence-electron chi connectivity index (χ1n) is 8.21. The summed E-state index contributed by atoms with van der Waals surface area (Å²) in [4.78, 5) is 5.62. The lowest BCUT2D eigenvalue weighted by Gasteiger charge is -2.17. The number of aliphatic hydroxyl groups is 1. The van der Waals surface area contributed by atoms with Gasteiger partial charge < -0.3 is 19.7 Å². The van der Waals surface area contributed by atoms with E-state index in [4.69, 9.17) is 4.74 Å². The van der Waals surface area contributed by atoms with E-state index in [0.29, 0.717) is 0 Å². The monoisotopic (exact) mass is 324 g/mol. The van der Waals surface area contributed by atoms with E-state index < -0.39 is 0 Å². The minimum absolute atomic E-state index is 0.0797. The topological polar surface area (TPSA) is 48.5 Å². The molecule has 1 aromatic heterocycles. The highest BCUT2D eigenvalue weighted by Gasteiger charge is 2.07. The molecule has 0 bridgehead atoms. The van der Waals surface area contributed by atoms with Crippen molar-refractivity contribution in [3.63, 3.8) is 0 Å². The normalized spacial score (nSPS) is 11.3. The van der Waals surface area contributed by atoms with Crippen molar-refractivity contribution in [2.75, 3.05) is 20.7 Å². The molecule has 0 unspecified atom stereocenters. The SMILES string of the molecule is COc1cccc(CN(C)CCc2c[nH]c3ccc(CO)cc23)c1. The predicted octanol–water partition coefficient (Wildman–Crippen LogP) is 3.34. The maximum atomic E-state index is 9.32. The van der Waals surface area contributed by atoms with Gasteiger partial charge >= 0.3 is 0 Å². The van der Waals surface area contributed by atoms with Crippen LogP contribution in [0.25, 0.3) is 10.9 Å². The smallest absolute Gasteiger partial charge is 0.119 e. The van der Waals surface area contributed by atoms with Crippen LogP contribution in [0.2, 0.25) is 0 Å². The molecule has 0 aliphatic rings. The van der Waals surface area contributed by atoms with Crippen molar-refractivity contribution >= 4 is 10.9 Å². The quantitative estimate of drug-likeness (QED) is 0.701. The average molecular weight is 324 g/mol. The van der Waals surface area contributed by atoms with E-state index >= 15 is 0 Å². The minimum Gasteiger partial charge on any atom is -0.497 e. The van der Waals surface area contributed by atoms with Gasteiger partial charge in [0.2, 0.25) is 0 Å². The lowest BCUT2D eigenvalue weighted by atomic mass is 10.1. The summed E-state index contributed by atoms with van der Waals surface area (Å²) in [6.45, 7) is 1.94. The Bertz CT molecular complexity index is 810. The Labute approximate surface area is 142 Å². The minimum atomic E-state index is 0.0797. The first-order valence-corrected chi connectivity index (χ1v) is 8.21. The molecule has 0 atom stereocenters. The summed E-state index contributed by atoms with van der Waals surface area (Å²) in [5.74, 6) is 0.897. The first-order chi connectivity index (χ1) is 11.7. The number of nitrogens with one attached hydrogen (secondary N) is 1. The summed E-state index contributed by atoms with van der Waals surface area (Å²) in [6.07, 6.45) is 3.04. The number of hydrogen-bond acceptors (Lipinski definition) is 3. The van der Waals surface area contributed by atoms with E-state index in [2.05, 4.69) is 41.3 Å². The van der Waals surface area contributed by atoms with Crippen molar-refractivity contribution in [3.8, 4) is 5.75 Å². The zero-order valence-electron chi connectivity index (χ0n) is 14.2. The standard InChI is InChI=1S/C20H24N2O2/c1-22(13-15-4-3-5-18(10-15)24-2)9-8-17-12-21-20-7-6-16(14-23)11-19(17)20/h3-7,10-12,21,23H,8-9,13-14H2,1-2H3. The Morgan fingerprint density at radius 1 is 1.12 bits per heavy atom. The molecular weight excluding hydrogens is 300 g/mol. The van der Waals surface area contributed by atoms with Crippen molar-refractivity contribution in [2.24, 2.45) is 0 Å². The van der Waals surface area contributed by atoms with E-state index in [1.807, 2.05) is 24.3 Å². The third-order valence-corrected chi connectivity index (χ3v) is 4.36. The molecule has 1 heterocycles. The molecule has 126 valence electrons. The zero-order valence-corrected chi connectivity index (χ0v) is 14.2. The van der Waals surface area contributed by atoms with Gasteiger partial charge in [0, 0.05) is 30.2 Å². The molecule has 0 aliphatic carbocycles. The molecule has 3 rings (SSSR count). The van der Waals surface area contributed by atoms with Crippen molar-refractivity contribution in [1.29, 1.82) is 0 Å². The second-order valence-corrected chi connectivity index (χ2v) is 6.19. The van der Waals surface area contributed by atoms with Crippen molar-refractivity contribution in [2.45, 2.75) is 19.6 Å². The maximum absolute atomic E-state index is 9.32. The Morgan fingerprint density at radius 2 is 2.00 bits per heavy atom. The van der Waals surface area contributed by atoms with Crippen LogP contribution in [0, 0.1) is 0 Å². The Balaban J connectivity index is 1.64. The molecule has 0 amide bonds. The molecule has 0 radical (unpaired) electrons. The number of fused-ring (bicyclic) bond motifs is 1. The van der Waals surface area contributed by atoms with Crippen LogP contribution in [0.1, 0.15) is 16.7 Å². The van der Waals surface area contributed by atoms with Gasteiger partial charge in [-0.15, -0.1) is 0 Å². The number of H-pyrrole nitrogens is 1. The lowest BCUT2D eigenvalue weighted by molar-refractivity contribution is 0.282. The molecule has 0 spiro atoms. The van der Waals surface area contributed by atoms with Crippen LogP contribution in [0.15, 0.2) is 48.7 Å². The van der Waals surface area contributed by atoms with Crippen LogP contribution in [0.5, 0.6) is 5.75 Å². The van der Waals surface area contributed by atoms with Gasteiger partial charge in [0.05, 0.1) is 13.7 Å². The number of aliphatic hydroxyl groups excluding tert-OH is 1. The molecule has 4 heteroatoms. The van der Waals surface area contributed by atoms with E-state index in [-0.39, 0.29) is 6.61 Å². The molecule has 2 aromatic carbocycles. The van der Waals surface area contributed by atoms with Crippen LogP contribution in [-0.4, -0.2) is 35.7 Å². The fourth-order valence-electron chi connectivity index (χ4n) is 3.00. The van der Waals surface area contributed by atoms with E-state index in [1.54, 1.807) is 7.11 Å². The van der Waals surface area contributed by atoms with Crippen LogP contribution in [-0.2, 0) is 19.6 Å². The lowest BCUT2D eigenvalue weighted by Crippen LogP contribution is -2.20. The number of benzene rings is 2. The number of aromatic nitrogens is 1. The summed E-state index contributed by atoms with van der Waals surface area (Å²) in [5.41, 5.74) is 4.61. The van der Waals surface area contributed by atoms with Crippen LogP contribution < -0.4 is 4.74 Å². The summed E-state index contributed by atoms with van der Waals surface area (Å²) < 4.78 is 5.28. The Hall–Kier alpha value is -2.30. The molecule has 4 nitrogen and oxygen atoms in total. The number of ether oxygens (including phenoxy) is 1. The molecule has 0 saturated carbocycles. The molecule has 0 aliphatic heterocycles. The van der Waals surface area contributed by atoms with Crippen molar-refractivity contribution < 1.29 is 9.84 Å². The van der Waals surface area contributed by atoms with E-state index in [9.17, 15) is 5.11 Å². The van der Waals surface area contributed by atoms with Gasteiger partial charge in [-0.2, -0.15) is 0 Å². The van der Waals surface area contributed by atoms with Gasteiger partial charge in [0.15, 0.2) is 0 Å². The van der Waals surface area contributed by atoms with Gasteiger partial charge in [0.1, 0.15) is 5.75 Å². The Morgan fingerprint density at radius 3 is 2.79 bits per heavy atom. The maximum Gasteiger partial charge on any atom is 0.119 e. The number of hydrogen-bond donors (Lipinski definition) is 2. The third kappa shape index (κ3) is 3.78. The molecule has 24 heavy (non-hydrogen) atoms. The van der Waals surface area contributed by atoms with Gasteiger partial charge in [0.25, 0.3) is 0 Å². The van der Waals surface area contributed by atoms with Gasteiger partial charge in [-0.1, -0.05) is 18.2 Å². The van der Waals surface area contributed by atoms with Crippen molar-refractivity contribution in [1.82, 2.24) is 9.88 Å². The summed E-state index contributed by atoms with van der Waals surface area (Å²) in [7, 11) is 3.83. The van der Waals surface area contributed by atoms with Crippen LogP contribution in [0.3, 0.4) is 0 Å². The fourth-order valence-corrected chi connectivity index (χ4v) is 3.00. The number of nitrogens with zero attached hydrogens (tertiary/aromatic N) is 1. The van der Waals surface area contributed by atoms with E-state index in [1.165, 1.54) is 16.5 Å². The second-order valence-electron chi connectivity index (χ2n) is 6.19. The zero-order chi connectivity index (χ0) is 16.9. The van der Waals surface area contributed by atoms with Gasteiger partial charge in [-0.05, 0) is 54.4 Å². The first kappa shape index (κ1) is 16.6. The highest BCUT2D eigenvalue weighted by atomic mass is 16.5. The Kier molecular flexibility index (Phi) is 5.18. The molecule has 2 N–H and O–H groups in total. The number of likely N-dealkylation sites (N-methyl/N-ethyl adjacent to an activating group) is 1. The van der Waals surface area contributed by atoms with Gasteiger partial charge in [-0.25, -0.2) is 0 Å². The fraction of sp³-hybridized carbons (Fsp3) is 0.300. The highest BCUT2D eigenvalue weighted by Crippen LogP contribution is 2.21. The van der Waals surface area contributed by atoms with Crippen LogP contribution >= 0.6 is 0 Å². The molecule has 3 aromatic rings.